The van der Waals surface area contributed by atoms with Crippen LogP contribution in [0.25, 0.3) is 33.1 Å². The summed E-state index contributed by atoms with van der Waals surface area (Å²) in [6, 6.07) is 14.4. The van der Waals surface area contributed by atoms with Crippen LogP contribution in [0.5, 0.6) is 11.5 Å². The molecule has 0 amide bonds. The van der Waals surface area contributed by atoms with Crippen molar-refractivity contribution in [3.8, 4) is 22.8 Å². The predicted molar refractivity (Wildman–Crippen MR) is 88.7 cm³/mol. The molecular formula is C18H16N2O2. The molecule has 4 nitrogen and oxygen atoms in total. The predicted octanol–water partition coefficient (Wildman–Crippen LogP) is 4.33. The molecule has 0 saturated carbocycles. The van der Waals surface area contributed by atoms with Gasteiger partial charge in [-0.15, -0.1) is 0 Å². The second-order valence-electron chi connectivity index (χ2n) is 5.23. The number of hydrogen-bond donors (Lipinski definition) is 2. The first kappa shape index (κ1) is 12.8. The number of methoxy groups -OCH3 is 2. The van der Waals surface area contributed by atoms with Gasteiger partial charge < -0.3 is 19.4 Å². The van der Waals surface area contributed by atoms with E-state index in [0.717, 1.165) is 39.2 Å². The fourth-order valence-corrected chi connectivity index (χ4v) is 2.89. The van der Waals surface area contributed by atoms with Crippen molar-refractivity contribution in [3.05, 3.63) is 48.7 Å². The lowest BCUT2D eigenvalue weighted by atomic mass is 10.1. The van der Waals surface area contributed by atoms with Crippen LogP contribution in [0.15, 0.2) is 48.7 Å². The number of rotatable bonds is 3. The molecule has 4 rings (SSSR count). The van der Waals surface area contributed by atoms with Crippen LogP contribution in [-0.4, -0.2) is 24.2 Å². The normalized spacial score (nSPS) is 11.2. The van der Waals surface area contributed by atoms with Gasteiger partial charge in [0.25, 0.3) is 0 Å². The Balaban J connectivity index is 1.94. The monoisotopic (exact) mass is 292 g/mol. The Hall–Kier alpha value is -2.88. The molecule has 0 aliphatic rings. The second kappa shape index (κ2) is 4.84. The highest BCUT2D eigenvalue weighted by Gasteiger charge is 2.13. The van der Waals surface area contributed by atoms with Crippen LogP contribution < -0.4 is 9.47 Å². The minimum Gasteiger partial charge on any atom is -0.493 e. The van der Waals surface area contributed by atoms with E-state index in [9.17, 15) is 0 Å². The SMILES string of the molecule is COc1cc2[nH]cc(-c3cc4ccccc4[nH]3)c2cc1OC. The number of para-hydroxylation sites is 1. The van der Waals surface area contributed by atoms with E-state index in [4.69, 9.17) is 9.47 Å². The molecule has 110 valence electrons. The van der Waals surface area contributed by atoms with Crippen LogP contribution in [-0.2, 0) is 0 Å². The number of nitrogens with one attached hydrogen (secondary N) is 2. The van der Waals surface area contributed by atoms with Gasteiger partial charge in [0, 0.05) is 39.8 Å². The summed E-state index contributed by atoms with van der Waals surface area (Å²) in [5, 5.41) is 2.30. The van der Waals surface area contributed by atoms with Gasteiger partial charge in [0.1, 0.15) is 0 Å². The third-order valence-corrected chi connectivity index (χ3v) is 4.01. The molecule has 4 heteroatoms. The smallest absolute Gasteiger partial charge is 0.162 e. The summed E-state index contributed by atoms with van der Waals surface area (Å²) in [4.78, 5) is 6.77. The summed E-state index contributed by atoms with van der Waals surface area (Å²) in [7, 11) is 3.30. The van der Waals surface area contributed by atoms with Crippen molar-refractivity contribution in [1.29, 1.82) is 0 Å². The van der Waals surface area contributed by atoms with Crippen molar-refractivity contribution in [3.63, 3.8) is 0 Å². The number of hydrogen-bond acceptors (Lipinski definition) is 2. The lowest BCUT2D eigenvalue weighted by Gasteiger charge is -2.07. The van der Waals surface area contributed by atoms with E-state index >= 15 is 0 Å². The number of fused-ring (bicyclic) bond motifs is 2. The first-order valence-electron chi connectivity index (χ1n) is 7.11. The van der Waals surface area contributed by atoms with Gasteiger partial charge in [0.05, 0.1) is 19.7 Å². The largest absolute Gasteiger partial charge is 0.493 e. The molecule has 2 N–H and O–H groups in total. The Labute approximate surface area is 127 Å². The molecule has 0 aliphatic heterocycles. The van der Waals surface area contributed by atoms with Crippen molar-refractivity contribution in [1.82, 2.24) is 9.97 Å². The minimum atomic E-state index is 0.722. The highest BCUT2D eigenvalue weighted by atomic mass is 16.5. The maximum atomic E-state index is 5.41. The van der Waals surface area contributed by atoms with E-state index in [1.165, 1.54) is 5.39 Å². The molecule has 0 spiro atoms. The average Bonchev–Trinajstić information content (AvgIpc) is 3.16. The van der Waals surface area contributed by atoms with E-state index in [2.05, 4.69) is 28.2 Å². The Morgan fingerprint density at radius 3 is 2.41 bits per heavy atom. The Bertz CT molecular complexity index is 933. The van der Waals surface area contributed by atoms with Gasteiger partial charge in [0.2, 0.25) is 0 Å². The lowest BCUT2D eigenvalue weighted by Crippen LogP contribution is -1.90. The Kier molecular flexibility index (Phi) is 2.82. The van der Waals surface area contributed by atoms with Crippen molar-refractivity contribution >= 4 is 21.8 Å². The summed E-state index contributed by atoms with van der Waals surface area (Å²) in [5.74, 6) is 1.45. The number of aromatic amines is 2. The molecule has 0 radical (unpaired) electrons. The van der Waals surface area contributed by atoms with Crippen molar-refractivity contribution in [2.45, 2.75) is 0 Å². The van der Waals surface area contributed by atoms with Gasteiger partial charge in [-0.05, 0) is 18.2 Å². The van der Waals surface area contributed by atoms with Gasteiger partial charge in [-0.2, -0.15) is 0 Å². The van der Waals surface area contributed by atoms with Crippen LogP contribution in [0.2, 0.25) is 0 Å². The van der Waals surface area contributed by atoms with Crippen LogP contribution >= 0.6 is 0 Å². The summed E-state index contributed by atoms with van der Waals surface area (Å²) in [6.07, 6.45) is 2.01. The molecule has 0 aliphatic carbocycles. The van der Waals surface area contributed by atoms with Gasteiger partial charge in [-0.25, -0.2) is 0 Å². The standard InChI is InChI=1S/C18H16N2O2/c1-21-17-8-12-13(10-19-15(12)9-18(17)22-2)16-7-11-5-3-4-6-14(11)20-16/h3-10,19-20H,1-2H3. The van der Waals surface area contributed by atoms with Crippen molar-refractivity contribution in [2.24, 2.45) is 0 Å². The molecule has 0 fully saturated rings. The molecule has 22 heavy (non-hydrogen) atoms. The number of aromatic nitrogens is 2. The number of H-pyrrole nitrogens is 2. The number of benzene rings is 2. The Morgan fingerprint density at radius 1 is 0.864 bits per heavy atom. The van der Waals surface area contributed by atoms with Crippen LogP contribution in [0.4, 0.5) is 0 Å². The highest BCUT2D eigenvalue weighted by molar-refractivity contribution is 5.99. The zero-order chi connectivity index (χ0) is 15.1. The second-order valence-corrected chi connectivity index (χ2v) is 5.23. The molecule has 2 heterocycles. The highest BCUT2D eigenvalue weighted by Crippen LogP contribution is 2.37. The fourth-order valence-electron chi connectivity index (χ4n) is 2.89. The molecule has 0 bridgehead atoms. The minimum absolute atomic E-state index is 0.722. The fraction of sp³-hybridized carbons (Fsp3) is 0.111. The van der Waals surface area contributed by atoms with Gasteiger partial charge in [-0.1, -0.05) is 18.2 Å². The van der Waals surface area contributed by atoms with E-state index in [1.54, 1.807) is 14.2 Å². The van der Waals surface area contributed by atoms with E-state index in [1.807, 2.05) is 30.5 Å². The van der Waals surface area contributed by atoms with Crippen LogP contribution in [0, 0.1) is 0 Å². The zero-order valence-corrected chi connectivity index (χ0v) is 12.4. The maximum absolute atomic E-state index is 5.41. The first-order valence-corrected chi connectivity index (χ1v) is 7.11. The maximum Gasteiger partial charge on any atom is 0.162 e. The Morgan fingerprint density at radius 2 is 1.64 bits per heavy atom. The summed E-state index contributed by atoms with van der Waals surface area (Å²) in [6.45, 7) is 0. The molecule has 2 aromatic carbocycles. The topological polar surface area (TPSA) is 50.0 Å². The number of ether oxygens (including phenoxy) is 2. The third kappa shape index (κ3) is 1.84. The summed E-state index contributed by atoms with van der Waals surface area (Å²) in [5.41, 5.74) is 4.35. The molecule has 0 saturated heterocycles. The molecule has 4 aromatic rings. The van der Waals surface area contributed by atoms with Gasteiger partial charge >= 0.3 is 0 Å². The van der Waals surface area contributed by atoms with Crippen molar-refractivity contribution in [2.75, 3.05) is 14.2 Å². The van der Waals surface area contributed by atoms with Gasteiger partial charge in [0.15, 0.2) is 11.5 Å². The van der Waals surface area contributed by atoms with Crippen molar-refractivity contribution < 1.29 is 9.47 Å². The molecule has 0 atom stereocenters. The molecule has 2 aromatic heterocycles. The molecule has 0 unspecified atom stereocenters. The summed E-state index contributed by atoms with van der Waals surface area (Å²) < 4.78 is 10.8. The van der Waals surface area contributed by atoms with Crippen LogP contribution in [0.3, 0.4) is 0 Å². The zero-order valence-electron chi connectivity index (χ0n) is 12.4. The van der Waals surface area contributed by atoms with E-state index in [0.29, 0.717) is 0 Å². The first-order chi connectivity index (χ1) is 10.8. The average molecular weight is 292 g/mol. The third-order valence-electron chi connectivity index (χ3n) is 4.01. The quantitative estimate of drug-likeness (QED) is 0.590. The lowest BCUT2D eigenvalue weighted by molar-refractivity contribution is 0.356. The van der Waals surface area contributed by atoms with Gasteiger partial charge in [-0.3, -0.25) is 0 Å². The van der Waals surface area contributed by atoms with E-state index < -0.39 is 0 Å². The summed E-state index contributed by atoms with van der Waals surface area (Å²) >= 11 is 0. The molecular weight excluding hydrogens is 276 g/mol. The van der Waals surface area contributed by atoms with Crippen LogP contribution in [0.1, 0.15) is 0 Å². The van der Waals surface area contributed by atoms with E-state index in [-0.39, 0.29) is 0 Å².